The predicted molar refractivity (Wildman–Crippen MR) is 91.4 cm³/mol. The van der Waals surface area contributed by atoms with Crippen LogP contribution in [-0.2, 0) is 14.8 Å². The van der Waals surface area contributed by atoms with Gasteiger partial charge >= 0.3 is 0 Å². The minimum absolute atomic E-state index is 0.0438. The zero-order valence-electron chi connectivity index (χ0n) is 14.3. The zero-order valence-corrected chi connectivity index (χ0v) is 15.2. The molecule has 0 unspecified atom stereocenters. The van der Waals surface area contributed by atoms with Gasteiger partial charge in [-0.15, -0.1) is 0 Å². The minimum atomic E-state index is -3.85. The third-order valence-corrected chi connectivity index (χ3v) is 5.10. The molecule has 10 heteroatoms. The molecule has 0 aliphatic rings. The van der Waals surface area contributed by atoms with Crippen LogP contribution >= 0.6 is 0 Å². The molecule has 0 aliphatic heterocycles. The second kappa shape index (κ2) is 7.53. The van der Waals surface area contributed by atoms with Gasteiger partial charge in [0, 0.05) is 6.07 Å². The van der Waals surface area contributed by atoms with E-state index in [4.69, 9.17) is 9.47 Å². The van der Waals surface area contributed by atoms with Gasteiger partial charge in [-0.25, -0.2) is 13.1 Å². The topological polar surface area (TPSA) is 122 Å². The van der Waals surface area contributed by atoms with Crippen molar-refractivity contribution in [3.63, 3.8) is 0 Å². The van der Waals surface area contributed by atoms with Crippen molar-refractivity contribution in [1.29, 1.82) is 0 Å². The van der Waals surface area contributed by atoms with Crippen molar-refractivity contribution in [2.24, 2.45) is 0 Å². The van der Waals surface area contributed by atoms with E-state index in [1.54, 1.807) is 32.0 Å². The summed E-state index contributed by atoms with van der Waals surface area (Å²) >= 11 is 0. The molecule has 0 saturated heterocycles. The van der Waals surface area contributed by atoms with Crippen molar-refractivity contribution in [3.05, 3.63) is 29.6 Å². The summed E-state index contributed by atoms with van der Waals surface area (Å²) in [6, 6.07) is 4.87. The number of benzene rings is 1. The second-order valence-electron chi connectivity index (χ2n) is 5.20. The first-order valence-electron chi connectivity index (χ1n) is 7.31. The van der Waals surface area contributed by atoms with E-state index in [9.17, 15) is 13.2 Å². The number of hydrogen-bond acceptors (Lipinski definition) is 6. The van der Waals surface area contributed by atoms with E-state index in [1.165, 1.54) is 14.2 Å². The SMILES string of the molecule is COc1ccc(NC(=O)CNS(=O)(=O)c2c(C)n[nH]c2C)c(OC)c1. The van der Waals surface area contributed by atoms with Gasteiger partial charge in [-0.2, -0.15) is 5.10 Å². The number of amides is 1. The van der Waals surface area contributed by atoms with Crippen LogP contribution in [0.3, 0.4) is 0 Å². The number of carbonyl (C=O) groups excluding carboxylic acids is 1. The summed E-state index contributed by atoms with van der Waals surface area (Å²) in [5, 5.41) is 9.03. The van der Waals surface area contributed by atoms with E-state index < -0.39 is 22.5 Å². The van der Waals surface area contributed by atoms with Crippen LogP contribution in [0.1, 0.15) is 11.4 Å². The number of H-pyrrole nitrogens is 1. The Morgan fingerprint density at radius 1 is 1.24 bits per heavy atom. The molecule has 2 rings (SSSR count). The summed E-state index contributed by atoms with van der Waals surface area (Å²) < 4.78 is 37.1. The van der Waals surface area contributed by atoms with Gasteiger partial charge in [0.1, 0.15) is 16.4 Å². The Hall–Kier alpha value is -2.59. The Morgan fingerprint density at radius 3 is 2.52 bits per heavy atom. The molecule has 9 nitrogen and oxygen atoms in total. The highest BCUT2D eigenvalue weighted by molar-refractivity contribution is 7.89. The lowest BCUT2D eigenvalue weighted by Gasteiger charge is -2.12. The fraction of sp³-hybridized carbons (Fsp3) is 0.333. The van der Waals surface area contributed by atoms with E-state index in [0.29, 0.717) is 28.6 Å². The molecule has 0 atom stereocenters. The highest BCUT2D eigenvalue weighted by Crippen LogP contribution is 2.28. The molecule has 0 radical (unpaired) electrons. The first-order valence-corrected chi connectivity index (χ1v) is 8.80. The summed E-state index contributed by atoms with van der Waals surface area (Å²) in [5.41, 5.74) is 1.15. The number of carbonyl (C=O) groups is 1. The lowest BCUT2D eigenvalue weighted by Crippen LogP contribution is -2.33. The number of rotatable bonds is 7. The third kappa shape index (κ3) is 4.28. The van der Waals surface area contributed by atoms with Crippen LogP contribution < -0.4 is 19.5 Å². The number of nitrogens with zero attached hydrogens (tertiary/aromatic N) is 1. The van der Waals surface area contributed by atoms with Crippen LogP contribution in [-0.4, -0.2) is 45.3 Å². The molecule has 2 aromatic rings. The molecular formula is C15H20N4O5S. The van der Waals surface area contributed by atoms with Crippen LogP contribution in [0.5, 0.6) is 11.5 Å². The van der Waals surface area contributed by atoms with Gasteiger partial charge in [0.15, 0.2) is 0 Å². The lowest BCUT2D eigenvalue weighted by atomic mass is 10.2. The van der Waals surface area contributed by atoms with E-state index >= 15 is 0 Å². The van der Waals surface area contributed by atoms with Crippen molar-refractivity contribution in [1.82, 2.24) is 14.9 Å². The van der Waals surface area contributed by atoms with Crippen molar-refractivity contribution in [2.75, 3.05) is 26.1 Å². The Kier molecular flexibility index (Phi) is 5.65. The van der Waals surface area contributed by atoms with Gasteiger partial charge in [-0.3, -0.25) is 9.89 Å². The van der Waals surface area contributed by atoms with Gasteiger partial charge in [-0.05, 0) is 26.0 Å². The molecule has 0 bridgehead atoms. The van der Waals surface area contributed by atoms with Crippen LogP contribution in [0.2, 0.25) is 0 Å². The van der Waals surface area contributed by atoms with Gasteiger partial charge in [0.05, 0.1) is 37.8 Å². The molecule has 0 fully saturated rings. The molecule has 3 N–H and O–H groups in total. The molecule has 1 heterocycles. The standard InChI is InChI=1S/C15H20N4O5S/c1-9-15(10(2)19-18-9)25(21,22)16-8-14(20)17-12-6-5-11(23-3)7-13(12)24-4/h5-7,16H,8H2,1-4H3,(H,17,20)(H,18,19). The Bertz CT molecular complexity index is 857. The van der Waals surface area contributed by atoms with Gasteiger partial charge in [0.25, 0.3) is 0 Å². The Labute approximate surface area is 145 Å². The monoisotopic (exact) mass is 368 g/mol. The van der Waals surface area contributed by atoms with E-state index in [2.05, 4.69) is 20.2 Å². The molecule has 25 heavy (non-hydrogen) atoms. The number of aryl methyl sites for hydroxylation is 2. The Balaban J connectivity index is 2.06. The van der Waals surface area contributed by atoms with Crippen molar-refractivity contribution in [2.45, 2.75) is 18.7 Å². The van der Waals surface area contributed by atoms with Gasteiger partial charge < -0.3 is 14.8 Å². The summed E-state index contributed by atoms with van der Waals surface area (Å²) in [7, 11) is -0.876. The largest absolute Gasteiger partial charge is 0.497 e. The average Bonchev–Trinajstić information content (AvgIpc) is 2.93. The summed E-state index contributed by atoms with van der Waals surface area (Å²) in [6.45, 7) is 2.73. The number of methoxy groups -OCH3 is 2. The van der Waals surface area contributed by atoms with E-state index in [0.717, 1.165) is 0 Å². The zero-order chi connectivity index (χ0) is 18.6. The van der Waals surface area contributed by atoms with E-state index in [-0.39, 0.29) is 4.90 Å². The quantitative estimate of drug-likeness (QED) is 0.669. The molecule has 1 aromatic heterocycles. The molecule has 136 valence electrons. The fourth-order valence-corrected chi connectivity index (χ4v) is 3.61. The first-order chi connectivity index (χ1) is 11.8. The molecule has 0 spiro atoms. The molecule has 0 saturated carbocycles. The number of nitrogens with one attached hydrogen (secondary N) is 3. The van der Waals surface area contributed by atoms with Crippen molar-refractivity contribution in [3.8, 4) is 11.5 Å². The normalized spacial score (nSPS) is 11.2. The summed E-state index contributed by atoms with van der Waals surface area (Å²) in [5.74, 6) is 0.435. The molecule has 1 aromatic carbocycles. The first kappa shape index (κ1) is 18.7. The number of ether oxygens (including phenoxy) is 2. The predicted octanol–water partition coefficient (Wildman–Crippen LogP) is 0.961. The highest BCUT2D eigenvalue weighted by atomic mass is 32.2. The van der Waals surface area contributed by atoms with Gasteiger partial charge in [0.2, 0.25) is 15.9 Å². The van der Waals surface area contributed by atoms with Gasteiger partial charge in [-0.1, -0.05) is 0 Å². The number of anilines is 1. The summed E-state index contributed by atoms with van der Waals surface area (Å²) in [4.78, 5) is 12.1. The van der Waals surface area contributed by atoms with Crippen LogP contribution in [0, 0.1) is 13.8 Å². The molecule has 0 aliphatic carbocycles. The maximum Gasteiger partial charge on any atom is 0.244 e. The lowest BCUT2D eigenvalue weighted by molar-refractivity contribution is -0.115. The second-order valence-corrected chi connectivity index (χ2v) is 6.91. The number of aromatic nitrogens is 2. The smallest absolute Gasteiger partial charge is 0.244 e. The van der Waals surface area contributed by atoms with Crippen molar-refractivity contribution < 1.29 is 22.7 Å². The maximum absolute atomic E-state index is 12.3. The van der Waals surface area contributed by atoms with Crippen LogP contribution in [0.4, 0.5) is 5.69 Å². The Morgan fingerprint density at radius 2 is 1.96 bits per heavy atom. The van der Waals surface area contributed by atoms with Crippen molar-refractivity contribution >= 4 is 21.6 Å². The van der Waals surface area contributed by atoms with Crippen LogP contribution in [0.15, 0.2) is 23.1 Å². The third-order valence-electron chi connectivity index (χ3n) is 3.43. The maximum atomic E-state index is 12.3. The number of hydrogen-bond donors (Lipinski definition) is 3. The molecule has 1 amide bonds. The average molecular weight is 368 g/mol. The minimum Gasteiger partial charge on any atom is -0.497 e. The molecular weight excluding hydrogens is 348 g/mol. The van der Waals surface area contributed by atoms with Crippen LogP contribution in [0.25, 0.3) is 0 Å². The fourth-order valence-electron chi connectivity index (χ4n) is 2.27. The highest BCUT2D eigenvalue weighted by Gasteiger charge is 2.23. The summed E-state index contributed by atoms with van der Waals surface area (Å²) in [6.07, 6.45) is 0. The van der Waals surface area contributed by atoms with E-state index in [1.807, 2.05) is 0 Å². The number of aromatic amines is 1. The number of sulfonamides is 1.